The lowest BCUT2D eigenvalue weighted by Gasteiger charge is -2.13. The van der Waals surface area contributed by atoms with Gasteiger partial charge in [0.1, 0.15) is 0 Å². The number of carbonyl (C=O) groups is 2. The third-order valence-corrected chi connectivity index (χ3v) is 6.44. The van der Waals surface area contributed by atoms with Crippen molar-refractivity contribution in [3.05, 3.63) is 76.6 Å². The third kappa shape index (κ3) is 4.51. The zero-order valence-corrected chi connectivity index (χ0v) is 18.4. The molecule has 0 spiro atoms. The number of rotatable bonds is 6. The fourth-order valence-electron chi connectivity index (χ4n) is 3.17. The SMILES string of the molecule is COC(=O)c1cc(CS(=O)(=O)c2ccccc2C(=O)OC)n(-c2cc(C)ccc2C)n1. The second-order valence-electron chi connectivity index (χ2n) is 6.96. The van der Waals surface area contributed by atoms with E-state index in [4.69, 9.17) is 9.47 Å². The van der Waals surface area contributed by atoms with Gasteiger partial charge >= 0.3 is 11.9 Å². The standard InChI is InChI=1S/C22H22N2O6S/c1-14-9-10-15(2)19(11-14)24-16(12-18(23-24)22(26)30-4)13-31(27,28)20-8-6-5-7-17(20)21(25)29-3/h5-12H,13H2,1-4H3. The van der Waals surface area contributed by atoms with Crippen LogP contribution in [-0.2, 0) is 25.1 Å². The number of benzene rings is 2. The van der Waals surface area contributed by atoms with Crippen molar-refractivity contribution in [2.24, 2.45) is 0 Å². The molecule has 0 saturated heterocycles. The van der Waals surface area contributed by atoms with E-state index in [0.717, 1.165) is 11.1 Å². The van der Waals surface area contributed by atoms with E-state index in [9.17, 15) is 18.0 Å². The van der Waals surface area contributed by atoms with Crippen molar-refractivity contribution in [3.8, 4) is 5.69 Å². The van der Waals surface area contributed by atoms with E-state index < -0.39 is 27.5 Å². The molecular weight excluding hydrogens is 420 g/mol. The molecule has 3 aromatic rings. The number of methoxy groups -OCH3 is 2. The number of ether oxygens (including phenoxy) is 2. The first-order valence-corrected chi connectivity index (χ1v) is 11.0. The summed E-state index contributed by atoms with van der Waals surface area (Å²) in [6, 6.07) is 12.9. The van der Waals surface area contributed by atoms with Gasteiger partial charge in [-0.2, -0.15) is 5.10 Å². The Balaban J connectivity index is 2.15. The van der Waals surface area contributed by atoms with E-state index in [-0.39, 0.29) is 21.8 Å². The molecule has 0 atom stereocenters. The van der Waals surface area contributed by atoms with Crippen LogP contribution in [0.1, 0.15) is 37.7 Å². The van der Waals surface area contributed by atoms with Crippen molar-refractivity contribution in [1.82, 2.24) is 9.78 Å². The topological polar surface area (TPSA) is 105 Å². The number of carbonyl (C=O) groups excluding carboxylic acids is 2. The number of aryl methyl sites for hydroxylation is 2. The molecule has 1 aromatic heterocycles. The summed E-state index contributed by atoms with van der Waals surface area (Å²) < 4.78 is 37.4. The van der Waals surface area contributed by atoms with Gasteiger partial charge in [-0.05, 0) is 49.2 Å². The van der Waals surface area contributed by atoms with Crippen molar-refractivity contribution in [2.45, 2.75) is 24.5 Å². The smallest absolute Gasteiger partial charge is 0.358 e. The molecule has 1 heterocycles. The van der Waals surface area contributed by atoms with Crippen molar-refractivity contribution in [3.63, 3.8) is 0 Å². The van der Waals surface area contributed by atoms with Crippen LogP contribution in [0.25, 0.3) is 5.69 Å². The van der Waals surface area contributed by atoms with Gasteiger partial charge in [-0.3, -0.25) is 0 Å². The summed E-state index contributed by atoms with van der Waals surface area (Å²) in [6.07, 6.45) is 0. The molecule has 162 valence electrons. The normalized spacial score (nSPS) is 11.2. The fraction of sp³-hybridized carbons (Fsp3) is 0.227. The number of hydrogen-bond donors (Lipinski definition) is 0. The average molecular weight is 442 g/mol. The maximum absolute atomic E-state index is 13.3. The van der Waals surface area contributed by atoms with Crippen LogP contribution < -0.4 is 0 Å². The first-order chi connectivity index (χ1) is 14.7. The van der Waals surface area contributed by atoms with E-state index in [1.807, 2.05) is 32.0 Å². The zero-order valence-electron chi connectivity index (χ0n) is 17.6. The van der Waals surface area contributed by atoms with Crippen LogP contribution in [0.3, 0.4) is 0 Å². The molecule has 0 radical (unpaired) electrons. The molecule has 0 aliphatic carbocycles. The Hall–Kier alpha value is -3.46. The van der Waals surface area contributed by atoms with Gasteiger partial charge < -0.3 is 9.47 Å². The highest BCUT2D eigenvalue weighted by Gasteiger charge is 2.27. The number of sulfone groups is 1. The van der Waals surface area contributed by atoms with E-state index in [1.165, 1.54) is 43.2 Å². The molecule has 0 bridgehead atoms. The van der Waals surface area contributed by atoms with Crippen LogP contribution >= 0.6 is 0 Å². The number of hydrogen-bond acceptors (Lipinski definition) is 7. The van der Waals surface area contributed by atoms with Gasteiger partial charge in [-0.1, -0.05) is 24.3 Å². The Kier molecular flexibility index (Phi) is 6.26. The van der Waals surface area contributed by atoms with Gasteiger partial charge in [-0.25, -0.2) is 22.7 Å². The number of nitrogens with zero attached hydrogens (tertiary/aromatic N) is 2. The van der Waals surface area contributed by atoms with Crippen LogP contribution in [0.4, 0.5) is 0 Å². The maximum Gasteiger partial charge on any atom is 0.358 e. The van der Waals surface area contributed by atoms with Crippen molar-refractivity contribution in [2.75, 3.05) is 14.2 Å². The number of aromatic nitrogens is 2. The minimum absolute atomic E-state index is 0.0186. The Morgan fingerprint density at radius 2 is 1.65 bits per heavy atom. The molecule has 0 unspecified atom stereocenters. The summed E-state index contributed by atoms with van der Waals surface area (Å²) in [6.45, 7) is 3.76. The summed E-state index contributed by atoms with van der Waals surface area (Å²) in [4.78, 5) is 24.0. The summed E-state index contributed by atoms with van der Waals surface area (Å²) in [5.74, 6) is -1.92. The van der Waals surface area contributed by atoms with Gasteiger partial charge in [0, 0.05) is 0 Å². The Morgan fingerprint density at radius 1 is 0.968 bits per heavy atom. The Morgan fingerprint density at radius 3 is 2.32 bits per heavy atom. The van der Waals surface area contributed by atoms with Crippen molar-refractivity contribution in [1.29, 1.82) is 0 Å². The second kappa shape index (κ2) is 8.73. The Bertz CT molecular complexity index is 1260. The van der Waals surface area contributed by atoms with E-state index in [2.05, 4.69) is 5.10 Å². The van der Waals surface area contributed by atoms with Gasteiger partial charge in [0.2, 0.25) is 0 Å². The van der Waals surface area contributed by atoms with Gasteiger partial charge in [0.25, 0.3) is 0 Å². The molecular formula is C22H22N2O6S. The highest BCUT2D eigenvalue weighted by Crippen LogP contribution is 2.25. The molecule has 31 heavy (non-hydrogen) atoms. The Labute approximate surface area is 180 Å². The summed E-state index contributed by atoms with van der Waals surface area (Å²) in [7, 11) is -1.58. The van der Waals surface area contributed by atoms with Crippen molar-refractivity contribution >= 4 is 21.8 Å². The molecule has 0 fully saturated rings. The minimum atomic E-state index is -3.99. The molecule has 8 nitrogen and oxygen atoms in total. The van der Waals surface area contributed by atoms with Gasteiger partial charge in [-0.15, -0.1) is 0 Å². The predicted octanol–water partition coefficient (Wildman–Crippen LogP) is 3.04. The summed E-state index contributed by atoms with van der Waals surface area (Å²) in [5.41, 5.74) is 2.61. The zero-order chi connectivity index (χ0) is 22.8. The van der Waals surface area contributed by atoms with Crippen LogP contribution in [-0.4, -0.2) is 44.4 Å². The quantitative estimate of drug-likeness (QED) is 0.540. The van der Waals surface area contributed by atoms with Crippen LogP contribution in [0.5, 0.6) is 0 Å². The van der Waals surface area contributed by atoms with Gasteiger partial charge in [0.05, 0.1) is 41.8 Å². The summed E-state index contributed by atoms with van der Waals surface area (Å²) >= 11 is 0. The van der Waals surface area contributed by atoms with E-state index in [1.54, 1.807) is 6.07 Å². The molecule has 0 saturated carbocycles. The lowest BCUT2D eigenvalue weighted by molar-refractivity contribution is 0.0586. The predicted molar refractivity (Wildman–Crippen MR) is 113 cm³/mol. The minimum Gasteiger partial charge on any atom is -0.465 e. The lowest BCUT2D eigenvalue weighted by Crippen LogP contribution is -2.15. The fourth-order valence-corrected chi connectivity index (χ4v) is 4.69. The molecule has 2 aromatic carbocycles. The largest absolute Gasteiger partial charge is 0.465 e. The summed E-state index contributed by atoms with van der Waals surface area (Å²) in [5, 5.41) is 4.29. The maximum atomic E-state index is 13.3. The molecule has 3 rings (SSSR count). The molecule has 9 heteroatoms. The first-order valence-electron chi connectivity index (χ1n) is 9.33. The van der Waals surface area contributed by atoms with Crippen LogP contribution in [0.15, 0.2) is 53.4 Å². The molecule has 0 aliphatic heterocycles. The van der Waals surface area contributed by atoms with Gasteiger partial charge in [0.15, 0.2) is 15.5 Å². The molecule has 0 N–H and O–H groups in total. The highest BCUT2D eigenvalue weighted by atomic mass is 32.2. The number of esters is 2. The van der Waals surface area contributed by atoms with Crippen LogP contribution in [0.2, 0.25) is 0 Å². The molecule has 0 amide bonds. The second-order valence-corrected chi connectivity index (χ2v) is 8.92. The first kappa shape index (κ1) is 22.2. The highest BCUT2D eigenvalue weighted by molar-refractivity contribution is 7.90. The van der Waals surface area contributed by atoms with E-state index in [0.29, 0.717) is 5.69 Å². The average Bonchev–Trinajstić information content (AvgIpc) is 3.17. The van der Waals surface area contributed by atoms with Crippen molar-refractivity contribution < 1.29 is 27.5 Å². The monoisotopic (exact) mass is 442 g/mol. The van der Waals surface area contributed by atoms with Crippen LogP contribution in [0, 0.1) is 13.8 Å². The molecule has 0 aliphatic rings. The van der Waals surface area contributed by atoms with E-state index >= 15 is 0 Å². The third-order valence-electron chi connectivity index (χ3n) is 4.74. The lowest BCUT2D eigenvalue weighted by atomic mass is 10.1.